The van der Waals surface area contributed by atoms with Crippen LogP contribution < -0.4 is 5.73 Å². The van der Waals surface area contributed by atoms with Gasteiger partial charge in [-0.05, 0) is 25.0 Å². The van der Waals surface area contributed by atoms with Crippen molar-refractivity contribution in [3.63, 3.8) is 0 Å². The Labute approximate surface area is 120 Å². The average Bonchev–Trinajstić information content (AvgIpc) is 2.41. The summed E-state index contributed by atoms with van der Waals surface area (Å²) in [6.45, 7) is 4.97. The second-order valence-electron chi connectivity index (χ2n) is 5.29. The van der Waals surface area contributed by atoms with E-state index >= 15 is 0 Å². The summed E-state index contributed by atoms with van der Waals surface area (Å²) in [5.41, 5.74) is 7.33. The molecule has 0 spiro atoms. The third-order valence-corrected chi connectivity index (χ3v) is 5.48. The van der Waals surface area contributed by atoms with Crippen LogP contribution >= 0.6 is 0 Å². The molecule has 0 bridgehead atoms. The van der Waals surface area contributed by atoms with Gasteiger partial charge in [0.15, 0.2) is 0 Å². The van der Waals surface area contributed by atoms with Crippen LogP contribution in [0.25, 0.3) is 0 Å². The number of hydrogen-bond donors (Lipinski definition) is 1. The van der Waals surface area contributed by atoms with Gasteiger partial charge in [0.25, 0.3) is 0 Å². The molecule has 1 heterocycles. The molecule has 112 valence electrons. The van der Waals surface area contributed by atoms with Crippen molar-refractivity contribution in [2.24, 2.45) is 5.73 Å². The van der Waals surface area contributed by atoms with Gasteiger partial charge in [-0.1, -0.05) is 24.3 Å². The van der Waals surface area contributed by atoms with Crippen molar-refractivity contribution in [1.82, 2.24) is 4.31 Å². The molecule has 0 saturated carbocycles. The first-order valence-corrected chi connectivity index (χ1v) is 8.43. The van der Waals surface area contributed by atoms with E-state index in [1.807, 2.05) is 38.1 Å². The topological polar surface area (TPSA) is 72.6 Å². The van der Waals surface area contributed by atoms with E-state index in [2.05, 4.69) is 0 Å². The lowest BCUT2D eigenvalue weighted by Gasteiger charge is -2.35. The maximum Gasteiger partial charge on any atom is 0.218 e. The highest BCUT2D eigenvalue weighted by Gasteiger charge is 2.33. The molecule has 2 unspecified atom stereocenters. The number of ether oxygens (including phenoxy) is 1. The smallest absolute Gasteiger partial charge is 0.218 e. The van der Waals surface area contributed by atoms with Crippen LogP contribution in [0.2, 0.25) is 0 Å². The van der Waals surface area contributed by atoms with E-state index in [9.17, 15) is 8.42 Å². The van der Waals surface area contributed by atoms with E-state index in [0.29, 0.717) is 19.7 Å². The first-order chi connectivity index (χ1) is 9.44. The third kappa shape index (κ3) is 3.38. The number of rotatable bonds is 4. The largest absolute Gasteiger partial charge is 0.375 e. The maximum atomic E-state index is 12.6. The molecular formula is C14H22N2O3S. The molecule has 2 rings (SSSR count). The van der Waals surface area contributed by atoms with Gasteiger partial charge in [0.2, 0.25) is 10.0 Å². The second-order valence-corrected chi connectivity index (χ2v) is 7.21. The first-order valence-electron chi connectivity index (χ1n) is 6.82. The minimum absolute atomic E-state index is 0.00255. The average molecular weight is 298 g/mol. The van der Waals surface area contributed by atoms with Gasteiger partial charge >= 0.3 is 0 Å². The van der Waals surface area contributed by atoms with Crippen LogP contribution in [0.5, 0.6) is 0 Å². The van der Waals surface area contributed by atoms with Gasteiger partial charge in [0.1, 0.15) is 0 Å². The van der Waals surface area contributed by atoms with Gasteiger partial charge in [-0.2, -0.15) is 4.31 Å². The van der Waals surface area contributed by atoms with E-state index in [-0.39, 0.29) is 17.9 Å². The number of sulfonamides is 1. The normalized spacial score (nSPS) is 24.8. The molecular weight excluding hydrogens is 276 g/mol. The van der Waals surface area contributed by atoms with Crippen molar-refractivity contribution in [2.45, 2.75) is 38.3 Å². The summed E-state index contributed by atoms with van der Waals surface area (Å²) < 4.78 is 32.3. The van der Waals surface area contributed by atoms with Crippen molar-refractivity contribution in [3.05, 3.63) is 35.4 Å². The minimum atomic E-state index is -3.35. The van der Waals surface area contributed by atoms with Crippen LogP contribution in [0.4, 0.5) is 0 Å². The lowest BCUT2D eigenvalue weighted by atomic mass is 10.1. The van der Waals surface area contributed by atoms with Crippen molar-refractivity contribution in [2.75, 3.05) is 13.2 Å². The van der Waals surface area contributed by atoms with Gasteiger partial charge < -0.3 is 10.5 Å². The van der Waals surface area contributed by atoms with Crippen molar-refractivity contribution in [1.29, 1.82) is 0 Å². The van der Waals surface area contributed by atoms with E-state index in [1.54, 1.807) is 4.31 Å². The molecule has 1 aliphatic rings. The summed E-state index contributed by atoms with van der Waals surface area (Å²) in [6, 6.07) is 7.29. The minimum Gasteiger partial charge on any atom is -0.375 e. The van der Waals surface area contributed by atoms with E-state index in [1.165, 1.54) is 0 Å². The summed E-state index contributed by atoms with van der Waals surface area (Å²) in [5.74, 6) is -0.00255. The van der Waals surface area contributed by atoms with Crippen LogP contribution in [-0.4, -0.2) is 38.0 Å². The molecule has 2 atom stereocenters. The van der Waals surface area contributed by atoms with Crippen molar-refractivity contribution in [3.8, 4) is 0 Å². The van der Waals surface area contributed by atoms with Gasteiger partial charge in [-0.15, -0.1) is 0 Å². The summed E-state index contributed by atoms with van der Waals surface area (Å²) in [5, 5.41) is 0. The van der Waals surface area contributed by atoms with Crippen LogP contribution in [0.1, 0.15) is 25.0 Å². The highest BCUT2D eigenvalue weighted by Crippen LogP contribution is 2.20. The van der Waals surface area contributed by atoms with Gasteiger partial charge in [0, 0.05) is 19.1 Å². The Bertz CT molecular complexity index is 559. The van der Waals surface area contributed by atoms with Crippen LogP contribution in [-0.2, 0) is 27.1 Å². The van der Waals surface area contributed by atoms with Gasteiger partial charge in [0.05, 0.1) is 18.5 Å². The summed E-state index contributed by atoms with van der Waals surface area (Å²) in [4.78, 5) is 0. The van der Waals surface area contributed by atoms with Crippen molar-refractivity contribution >= 4 is 10.0 Å². The number of nitrogens with zero attached hydrogens (tertiary/aromatic N) is 1. The maximum absolute atomic E-state index is 12.6. The monoisotopic (exact) mass is 298 g/mol. The number of nitrogens with two attached hydrogens (primary N) is 1. The molecule has 1 saturated heterocycles. The zero-order valence-electron chi connectivity index (χ0n) is 12.0. The van der Waals surface area contributed by atoms with Gasteiger partial charge in [-0.3, -0.25) is 0 Å². The Balaban J connectivity index is 2.22. The number of hydrogen-bond acceptors (Lipinski definition) is 4. The van der Waals surface area contributed by atoms with Crippen LogP contribution in [0.3, 0.4) is 0 Å². The molecule has 0 radical (unpaired) electrons. The molecule has 20 heavy (non-hydrogen) atoms. The Hall–Kier alpha value is -0.950. The number of morpholine rings is 1. The number of benzene rings is 1. The lowest BCUT2D eigenvalue weighted by molar-refractivity contribution is -0.0171. The molecule has 1 aromatic carbocycles. The molecule has 6 heteroatoms. The van der Waals surface area contributed by atoms with Gasteiger partial charge in [-0.25, -0.2) is 8.42 Å². The van der Waals surface area contributed by atoms with E-state index in [4.69, 9.17) is 10.5 Å². The molecule has 0 amide bonds. The first kappa shape index (κ1) is 15.4. The molecule has 5 nitrogen and oxygen atoms in total. The van der Waals surface area contributed by atoms with E-state index in [0.717, 1.165) is 11.1 Å². The summed E-state index contributed by atoms with van der Waals surface area (Å²) >= 11 is 0. The standard InChI is InChI=1S/C14H22N2O3S/c1-11-9-19-12(2)8-16(11)20(17,18)10-14-6-4-3-5-13(14)7-15/h3-6,11-12H,7-10,15H2,1-2H3. The fourth-order valence-electron chi connectivity index (χ4n) is 2.44. The SMILES string of the molecule is CC1CN(S(=O)(=O)Cc2ccccc2CN)C(C)CO1. The zero-order chi connectivity index (χ0) is 14.8. The molecule has 2 N–H and O–H groups in total. The highest BCUT2D eigenvalue weighted by atomic mass is 32.2. The fraction of sp³-hybridized carbons (Fsp3) is 0.571. The van der Waals surface area contributed by atoms with Crippen LogP contribution in [0, 0.1) is 0 Å². The fourth-order valence-corrected chi connectivity index (χ4v) is 4.32. The third-order valence-electron chi connectivity index (χ3n) is 3.58. The highest BCUT2D eigenvalue weighted by molar-refractivity contribution is 7.88. The Morgan fingerprint density at radius 3 is 2.60 bits per heavy atom. The zero-order valence-corrected chi connectivity index (χ0v) is 12.8. The molecule has 1 fully saturated rings. The quantitative estimate of drug-likeness (QED) is 0.903. The molecule has 1 aliphatic heterocycles. The van der Waals surface area contributed by atoms with E-state index < -0.39 is 10.0 Å². The predicted molar refractivity (Wildman–Crippen MR) is 78.5 cm³/mol. The molecule has 0 aromatic heterocycles. The lowest BCUT2D eigenvalue weighted by Crippen LogP contribution is -2.50. The Morgan fingerprint density at radius 1 is 1.30 bits per heavy atom. The summed E-state index contributed by atoms with van der Waals surface area (Å²) in [6.07, 6.45) is -0.0641. The van der Waals surface area contributed by atoms with Crippen LogP contribution in [0.15, 0.2) is 24.3 Å². The Morgan fingerprint density at radius 2 is 1.95 bits per heavy atom. The predicted octanol–water partition coefficient (Wildman–Crippen LogP) is 1.08. The summed E-state index contributed by atoms with van der Waals surface area (Å²) in [7, 11) is -3.35. The Kier molecular flexibility index (Phi) is 4.80. The molecule has 0 aliphatic carbocycles. The molecule has 1 aromatic rings. The van der Waals surface area contributed by atoms with Crippen molar-refractivity contribution < 1.29 is 13.2 Å². The second kappa shape index (κ2) is 6.22.